The van der Waals surface area contributed by atoms with Gasteiger partial charge in [-0.15, -0.1) is 0 Å². The van der Waals surface area contributed by atoms with Gasteiger partial charge in [-0.05, 0) is 13.3 Å². The van der Waals surface area contributed by atoms with Gasteiger partial charge in [0.25, 0.3) is 0 Å². The monoisotopic (exact) mass is 173 g/mol. The Labute approximate surface area is 69.0 Å². The number of aliphatic carboxylic acids is 1. The Hall–Kier alpha value is -1.23. The predicted octanol–water partition coefficient (Wildman–Crippen LogP) is -1.96. The summed E-state index contributed by atoms with van der Waals surface area (Å²) in [6, 6.07) is 0. The normalized spacial score (nSPS) is 12.2. The van der Waals surface area contributed by atoms with Crippen LogP contribution in [0.1, 0.15) is 19.8 Å². The maximum Gasteiger partial charge on any atom is 0.178 e. The number of rotatable bonds is 5. The lowest BCUT2D eigenvalue weighted by Gasteiger charge is -2.05. The van der Waals surface area contributed by atoms with Crippen LogP contribution in [0.5, 0.6) is 0 Å². The summed E-state index contributed by atoms with van der Waals surface area (Å²) in [5.41, 5.74) is 0. The molecule has 0 aliphatic rings. The van der Waals surface area contributed by atoms with Gasteiger partial charge in [0, 0.05) is 6.42 Å². The Kier molecular flexibility index (Phi) is 4.14. The molecule has 0 heterocycles. The predicted molar refractivity (Wildman–Crippen MR) is 35.9 cm³/mol. The number of carbonyl (C=O) groups is 3. The fourth-order valence-electron chi connectivity index (χ4n) is 0.573. The van der Waals surface area contributed by atoms with E-state index in [9.17, 15) is 19.5 Å². The molecule has 1 atom stereocenters. The molecule has 5 nitrogen and oxygen atoms in total. The minimum absolute atomic E-state index is 0.165. The van der Waals surface area contributed by atoms with E-state index in [1.807, 2.05) is 0 Å². The molecule has 0 saturated heterocycles. The molecule has 5 heteroatoms. The quantitative estimate of drug-likeness (QED) is 0.487. The van der Waals surface area contributed by atoms with Crippen LogP contribution in [0.3, 0.4) is 0 Å². The maximum absolute atomic E-state index is 10.4. The number of carboxylic acids is 1. The van der Waals surface area contributed by atoms with E-state index in [2.05, 4.69) is 0 Å². The van der Waals surface area contributed by atoms with Crippen molar-refractivity contribution in [1.29, 1.82) is 0 Å². The molecular weight excluding hydrogens is 164 g/mol. The molecule has 0 aliphatic carbocycles. The second kappa shape index (κ2) is 4.61. The van der Waals surface area contributed by atoms with Crippen LogP contribution in [0.25, 0.3) is 0 Å². The van der Waals surface area contributed by atoms with Gasteiger partial charge in [0.1, 0.15) is 12.1 Å². The van der Waals surface area contributed by atoms with Crippen LogP contribution >= 0.6 is 0 Å². The van der Waals surface area contributed by atoms with Crippen molar-refractivity contribution in [3.63, 3.8) is 0 Å². The minimum Gasteiger partial charge on any atom is -0.542 e. The topological polar surface area (TPSA) is 94.5 Å². The fourth-order valence-corrected chi connectivity index (χ4v) is 0.573. The van der Waals surface area contributed by atoms with Crippen LogP contribution in [0.4, 0.5) is 0 Å². The maximum atomic E-state index is 10.4. The molecule has 0 unspecified atom stereocenters. The second-order valence-corrected chi connectivity index (χ2v) is 2.38. The van der Waals surface area contributed by atoms with E-state index in [0.29, 0.717) is 0 Å². The number of Topliss-reactive ketones (excluding diaryl/α,β-unsaturated/α-hetero) is 2. The highest BCUT2D eigenvalue weighted by atomic mass is 16.4. The fraction of sp³-hybridized carbons (Fsp3) is 0.571. The summed E-state index contributed by atoms with van der Waals surface area (Å²) < 4.78 is 0. The molecule has 0 rings (SSSR count). The molecule has 0 spiro atoms. The van der Waals surface area contributed by atoms with Crippen molar-refractivity contribution < 1.29 is 24.6 Å². The molecular formula is C7H9O5-. The molecule has 0 aromatic carbocycles. The van der Waals surface area contributed by atoms with E-state index in [1.165, 1.54) is 0 Å². The lowest BCUT2D eigenvalue weighted by Crippen LogP contribution is -2.32. The average Bonchev–Trinajstić information content (AvgIpc) is 1.98. The summed E-state index contributed by atoms with van der Waals surface area (Å²) >= 11 is 0. The van der Waals surface area contributed by atoms with Crippen molar-refractivity contribution in [1.82, 2.24) is 0 Å². The Morgan fingerprint density at radius 1 is 1.42 bits per heavy atom. The third-order valence-corrected chi connectivity index (χ3v) is 1.34. The molecule has 0 radical (unpaired) electrons. The van der Waals surface area contributed by atoms with Crippen molar-refractivity contribution in [3.8, 4) is 0 Å². The van der Waals surface area contributed by atoms with Crippen molar-refractivity contribution in [2.24, 2.45) is 0 Å². The number of aliphatic hydroxyl groups is 1. The SMILES string of the molecule is CC(=O)[C@H](O)CCC(=O)C(=O)[O-]. The molecule has 68 valence electrons. The second-order valence-electron chi connectivity index (χ2n) is 2.38. The lowest BCUT2D eigenvalue weighted by atomic mass is 10.1. The van der Waals surface area contributed by atoms with Gasteiger partial charge in [-0.25, -0.2) is 0 Å². The first-order valence-electron chi connectivity index (χ1n) is 3.38. The molecule has 0 aromatic heterocycles. The third-order valence-electron chi connectivity index (χ3n) is 1.34. The van der Waals surface area contributed by atoms with Crippen LogP contribution in [0.2, 0.25) is 0 Å². The third kappa shape index (κ3) is 3.82. The van der Waals surface area contributed by atoms with Gasteiger partial charge in [-0.3, -0.25) is 9.59 Å². The molecule has 0 saturated carbocycles. The molecule has 0 fully saturated rings. The van der Waals surface area contributed by atoms with E-state index >= 15 is 0 Å². The summed E-state index contributed by atoms with van der Waals surface area (Å²) in [4.78, 5) is 30.6. The molecule has 0 aliphatic heterocycles. The van der Waals surface area contributed by atoms with Crippen molar-refractivity contribution in [2.75, 3.05) is 0 Å². The smallest absolute Gasteiger partial charge is 0.178 e. The average molecular weight is 173 g/mol. The first kappa shape index (κ1) is 10.8. The standard InChI is InChI=1S/C7H10O5/c1-4(8)5(9)2-3-6(10)7(11)12/h5,9H,2-3H2,1H3,(H,11,12)/p-1/t5-/m1/s1. The van der Waals surface area contributed by atoms with E-state index < -0.39 is 23.6 Å². The van der Waals surface area contributed by atoms with Crippen molar-refractivity contribution in [3.05, 3.63) is 0 Å². The first-order valence-corrected chi connectivity index (χ1v) is 3.38. The summed E-state index contributed by atoms with van der Waals surface area (Å²) in [6.45, 7) is 1.16. The van der Waals surface area contributed by atoms with Crippen molar-refractivity contribution in [2.45, 2.75) is 25.9 Å². The number of carbonyl (C=O) groups excluding carboxylic acids is 3. The number of hydrogen-bond acceptors (Lipinski definition) is 5. The van der Waals surface area contributed by atoms with Crippen LogP contribution in [-0.4, -0.2) is 28.7 Å². The van der Waals surface area contributed by atoms with Crippen LogP contribution in [-0.2, 0) is 14.4 Å². The zero-order chi connectivity index (χ0) is 9.72. The van der Waals surface area contributed by atoms with Gasteiger partial charge in [-0.1, -0.05) is 0 Å². The summed E-state index contributed by atoms with van der Waals surface area (Å²) in [6.07, 6.45) is -1.79. The zero-order valence-corrected chi connectivity index (χ0v) is 6.57. The highest BCUT2D eigenvalue weighted by Gasteiger charge is 2.12. The molecule has 0 aromatic rings. The van der Waals surface area contributed by atoms with Crippen LogP contribution in [0, 0.1) is 0 Å². The Morgan fingerprint density at radius 3 is 2.25 bits per heavy atom. The van der Waals surface area contributed by atoms with Gasteiger partial charge in [0.15, 0.2) is 11.6 Å². The van der Waals surface area contributed by atoms with Gasteiger partial charge in [0.2, 0.25) is 0 Å². The van der Waals surface area contributed by atoms with E-state index in [4.69, 9.17) is 5.11 Å². The Morgan fingerprint density at radius 2 is 1.92 bits per heavy atom. The summed E-state index contributed by atoms with van der Waals surface area (Å²) in [7, 11) is 0. The van der Waals surface area contributed by atoms with Gasteiger partial charge in [0.05, 0.1) is 0 Å². The molecule has 0 bridgehead atoms. The largest absolute Gasteiger partial charge is 0.542 e. The van der Waals surface area contributed by atoms with Gasteiger partial charge in [-0.2, -0.15) is 0 Å². The Bertz CT molecular complexity index is 208. The highest BCUT2D eigenvalue weighted by molar-refractivity contribution is 6.31. The van der Waals surface area contributed by atoms with Crippen LogP contribution in [0.15, 0.2) is 0 Å². The van der Waals surface area contributed by atoms with E-state index in [0.717, 1.165) is 6.92 Å². The van der Waals surface area contributed by atoms with E-state index in [-0.39, 0.29) is 12.8 Å². The Balaban J connectivity index is 3.76. The number of ketones is 2. The summed E-state index contributed by atoms with van der Waals surface area (Å²) in [5.74, 6) is -3.37. The summed E-state index contributed by atoms with van der Waals surface area (Å²) in [5, 5.41) is 18.7. The van der Waals surface area contributed by atoms with Gasteiger partial charge >= 0.3 is 0 Å². The first-order chi connectivity index (χ1) is 5.45. The van der Waals surface area contributed by atoms with E-state index in [1.54, 1.807) is 0 Å². The number of carboxylic acid groups (broad SMARTS) is 1. The van der Waals surface area contributed by atoms with Crippen LogP contribution < -0.4 is 5.11 Å². The number of hydrogen-bond donors (Lipinski definition) is 1. The van der Waals surface area contributed by atoms with Crippen molar-refractivity contribution >= 4 is 17.5 Å². The zero-order valence-electron chi connectivity index (χ0n) is 6.57. The number of aliphatic hydroxyl groups excluding tert-OH is 1. The lowest BCUT2D eigenvalue weighted by molar-refractivity contribution is -0.300. The molecule has 1 N–H and O–H groups in total. The molecule has 12 heavy (non-hydrogen) atoms. The van der Waals surface area contributed by atoms with Gasteiger partial charge < -0.3 is 15.0 Å². The minimum atomic E-state index is -1.79. The molecule has 0 amide bonds. The highest BCUT2D eigenvalue weighted by Crippen LogP contribution is 1.98.